The van der Waals surface area contributed by atoms with E-state index in [9.17, 15) is 9.59 Å². The van der Waals surface area contributed by atoms with Crippen LogP contribution >= 0.6 is 23.5 Å². The molecular formula is C18H22O5S2. The van der Waals surface area contributed by atoms with Crippen LogP contribution in [-0.2, 0) is 29.6 Å². The average molecular weight is 383 g/mol. The van der Waals surface area contributed by atoms with Crippen LogP contribution in [0, 0.1) is 5.41 Å². The molecular weight excluding hydrogens is 360 g/mol. The molecule has 2 aliphatic rings. The molecule has 7 heteroatoms. The maximum atomic E-state index is 13.1. The molecule has 0 aromatic heterocycles. The fourth-order valence-corrected chi connectivity index (χ4v) is 7.33. The van der Waals surface area contributed by atoms with Gasteiger partial charge in [-0.3, -0.25) is 9.59 Å². The van der Waals surface area contributed by atoms with E-state index in [0.717, 1.165) is 28.4 Å². The third kappa shape index (κ3) is 2.63. The maximum absolute atomic E-state index is 13.1. The minimum Gasteiger partial charge on any atom is -0.497 e. The maximum Gasteiger partial charge on any atom is 0.326 e. The van der Waals surface area contributed by atoms with Crippen molar-refractivity contribution < 1.29 is 23.8 Å². The molecule has 1 aliphatic heterocycles. The van der Waals surface area contributed by atoms with Crippen molar-refractivity contribution in [1.29, 1.82) is 0 Å². The zero-order valence-corrected chi connectivity index (χ0v) is 16.3. The van der Waals surface area contributed by atoms with E-state index in [2.05, 4.69) is 0 Å². The quantitative estimate of drug-likeness (QED) is 0.573. The highest BCUT2D eigenvalue weighted by molar-refractivity contribution is 8.20. The molecule has 25 heavy (non-hydrogen) atoms. The van der Waals surface area contributed by atoms with Gasteiger partial charge in [-0.2, -0.15) is 0 Å². The average Bonchev–Trinajstić information content (AvgIpc) is 3.21. The lowest BCUT2D eigenvalue weighted by atomic mass is 9.83. The summed E-state index contributed by atoms with van der Waals surface area (Å²) >= 11 is 3.27. The van der Waals surface area contributed by atoms with Gasteiger partial charge in [-0.25, -0.2) is 0 Å². The minimum atomic E-state index is -1.36. The lowest BCUT2D eigenvalue weighted by Gasteiger charge is -2.38. The predicted octanol–water partition coefficient (Wildman–Crippen LogP) is 3.00. The highest BCUT2D eigenvalue weighted by atomic mass is 32.2. The van der Waals surface area contributed by atoms with Crippen molar-refractivity contribution in [2.75, 3.05) is 31.8 Å². The van der Waals surface area contributed by atoms with E-state index in [1.807, 2.05) is 18.2 Å². The van der Waals surface area contributed by atoms with E-state index in [-0.39, 0.29) is 13.2 Å². The summed E-state index contributed by atoms with van der Waals surface area (Å²) in [7, 11) is 1.61. The van der Waals surface area contributed by atoms with Crippen molar-refractivity contribution >= 4 is 35.5 Å². The summed E-state index contributed by atoms with van der Waals surface area (Å²) < 4.78 is 15.4. The second-order valence-corrected chi connectivity index (χ2v) is 8.74. The van der Waals surface area contributed by atoms with Crippen LogP contribution in [0.5, 0.6) is 5.75 Å². The van der Waals surface area contributed by atoms with Gasteiger partial charge < -0.3 is 14.2 Å². The molecule has 0 bridgehead atoms. The molecule has 1 fully saturated rings. The van der Waals surface area contributed by atoms with Gasteiger partial charge in [0.05, 0.1) is 20.3 Å². The Labute approximate surface area is 156 Å². The smallest absolute Gasteiger partial charge is 0.326 e. The van der Waals surface area contributed by atoms with E-state index in [1.54, 1.807) is 44.5 Å². The van der Waals surface area contributed by atoms with Crippen LogP contribution < -0.4 is 4.74 Å². The first-order valence-corrected chi connectivity index (χ1v) is 10.3. The van der Waals surface area contributed by atoms with E-state index in [4.69, 9.17) is 14.2 Å². The van der Waals surface area contributed by atoms with Crippen LogP contribution in [0.3, 0.4) is 0 Å². The standard InChI is InChI=1S/C18H22O5S2/c1-4-22-15(19)17(16(20)23-5-2)11-12-6-7-13(21-3)10-14(12)18(17)24-8-9-25-18/h6-7,10H,4-5,8-9,11H2,1-3H3. The fourth-order valence-electron chi connectivity index (χ4n) is 3.59. The Bertz CT molecular complexity index is 664. The largest absolute Gasteiger partial charge is 0.497 e. The Morgan fingerprint density at radius 1 is 1.08 bits per heavy atom. The van der Waals surface area contributed by atoms with Crippen LogP contribution in [0.2, 0.25) is 0 Å². The van der Waals surface area contributed by atoms with Crippen LogP contribution in [0.25, 0.3) is 0 Å². The van der Waals surface area contributed by atoms with E-state index >= 15 is 0 Å². The van der Waals surface area contributed by atoms with Gasteiger partial charge in [-0.15, -0.1) is 23.5 Å². The topological polar surface area (TPSA) is 61.8 Å². The van der Waals surface area contributed by atoms with Gasteiger partial charge in [0, 0.05) is 17.9 Å². The Balaban J connectivity index is 2.20. The summed E-state index contributed by atoms with van der Waals surface area (Å²) in [4.78, 5) is 26.2. The Kier molecular flexibility index (Phi) is 5.25. The normalized spacial score (nSPS) is 19.5. The molecule has 1 aliphatic carbocycles. The van der Waals surface area contributed by atoms with Crippen molar-refractivity contribution in [2.24, 2.45) is 5.41 Å². The third-order valence-corrected chi connectivity index (χ3v) is 8.36. The molecule has 1 saturated heterocycles. The number of carbonyl (C=O) groups excluding carboxylic acids is 2. The van der Waals surface area contributed by atoms with Crippen LogP contribution in [0.4, 0.5) is 0 Å². The monoisotopic (exact) mass is 382 g/mol. The Morgan fingerprint density at radius 2 is 1.68 bits per heavy atom. The number of thioether (sulfide) groups is 2. The Morgan fingerprint density at radius 3 is 2.20 bits per heavy atom. The van der Waals surface area contributed by atoms with Gasteiger partial charge in [0.15, 0.2) is 5.41 Å². The summed E-state index contributed by atoms with van der Waals surface area (Å²) in [6, 6.07) is 5.75. The molecule has 0 unspecified atom stereocenters. The number of hydrogen-bond acceptors (Lipinski definition) is 7. The number of carbonyl (C=O) groups is 2. The predicted molar refractivity (Wildman–Crippen MR) is 99.0 cm³/mol. The van der Waals surface area contributed by atoms with E-state index < -0.39 is 21.4 Å². The molecule has 5 nitrogen and oxygen atoms in total. The van der Waals surface area contributed by atoms with Crippen molar-refractivity contribution in [1.82, 2.24) is 0 Å². The molecule has 0 saturated carbocycles. The molecule has 1 aromatic carbocycles. The van der Waals surface area contributed by atoms with Gasteiger partial charge in [0.25, 0.3) is 0 Å². The van der Waals surface area contributed by atoms with Crippen molar-refractivity contribution in [2.45, 2.75) is 24.3 Å². The zero-order chi connectivity index (χ0) is 18.1. The number of methoxy groups -OCH3 is 1. The number of esters is 2. The van der Waals surface area contributed by atoms with Crippen molar-refractivity contribution in [3.8, 4) is 5.75 Å². The van der Waals surface area contributed by atoms with Gasteiger partial charge >= 0.3 is 11.9 Å². The first kappa shape index (κ1) is 18.5. The first-order valence-electron chi connectivity index (χ1n) is 8.35. The fraction of sp³-hybridized carbons (Fsp3) is 0.556. The number of rotatable bonds is 5. The molecule has 0 atom stereocenters. The Hall–Kier alpha value is -1.34. The van der Waals surface area contributed by atoms with E-state index in [1.165, 1.54) is 0 Å². The number of benzene rings is 1. The lowest BCUT2D eigenvalue weighted by Crippen LogP contribution is -2.51. The van der Waals surface area contributed by atoms with Crippen LogP contribution in [0.1, 0.15) is 25.0 Å². The van der Waals surface area contributed by atoms with Crippen LogP contribution in [-0.4, -0.2) is 43.8 Å². The lowest BCUT2D eigenvalue weighted by molar-refractivity contribution is -0.172. The van der Waals surface area contributed by atoms with Gasteiger partial charge in [-0.05, 0) is 37.1 Å². The SMILES string of the molecule is CCOC(=O)C1(C(=O)OCC)Cc2ccc(OC)cc2C12SCCS2. The molecule has 3 rings (SSSR count). The summed E-state index contributed by atoms with van der Waals surface area (Å²) in [6.45, 7) is 3.96. The first-order chi connectivity index (χ1) is 12.1. The zero-order valence-electron chi connectivity index (χ0n) is 14.6. The van der Waals surface area contributed by atoms with E-state index in [0.29, 0.717) is 6.42 Å². The molecule has 0 amide bonds. The summed E-state index contributed by atoms with van der Waals surface area (Å²) in [5, 5.41) is 0. The third-order valence-electron chi connectivity index (χ3n) is 4.63. The molecule has 0 radical (unpaired) electrons. The summed E-state index contributed by atoms with van der Waals surface area (Å²) in [5.74, 6) is 1.45. The van der Waals surface area contributed by atoms with Gasteiger partial charge in [0.2, 0.25) is 0 Å². The molecule has 1 aromatic rings. The second-order valence-electron chi connectivity index (χ2n) is 5.86. The molecule has 1 heterocycles. The van der Waals surface area contributed by atoms with Gasteiger partial charge in [0.1, 0.15) is 9.83 Å². The summed E-state index contributed by atoms with van der Waals surface area (Å²) in [5.41, 5.74) is 0.587. The van der Waals surface area contributed by atoms with Crippen molar-refractivity contribution in [3.63, 3.8) is 0 Å². The highest BCUT2D eigenvalue weighted by Gasteiger charge is 2.70. The number of fused-ring (bicyclic) bond motifs is 2. The van der Waals surface area contributed by atoms with Gasteiger partial charge in [-0.1, -0.05) is 6.07 Å². The number of ether oxygens (including phenoxy) is 3. The minimum absolute atomic E-state index is 0.227. The molecule has 1 spiro atoms. The highest BCUT2D eigenvalue weighted by Crippen LogP contribution is 2.68. The number of hydrogen-bond donors (Lipinski definition) is 0. The second kappa shape index (κ2) is 7.11. The molecule has 136 valence electrons. The summed E-state index contributed by atoms with van der Waals surface area (Å²) in [6.07, 6.45) is 0.296. The van der Waals surface area contributed by atoms with Crippen molar-refractivity contribution in [3.05, 3.63) is 29.3 Å². The van der Waals surface area contributed by atoms with Crippen LogP contribution in [0.15, 0.2) is 18.2 Å². The molecule has 0 N–H and O–H groups in total.